The largest absolute Gasteiger partial charge is 0.292 e. The first-order valence-electron chi connectivity index (χ1n) is 6.68. The van der Waals surface area contributed by atoms with E-state index in [1.165, 1.54) is 11.1 Å². The Kier molecular flexibility index (Phi) is 4.74. The summed E-state index contributed by atoms with van der Waals surface area (Å²) in [6.07, 6.45) is 0. The number of alkyl halides is 1. The summed E-state index contributed by atoms with van der Waals surface area (Å²) in [5.74, 6) is 1.15. The topological polar surface area (TPSA) is 3.24 Å². The molecule has 0 amide bonds. The van der Waals surface area contributed by atoms with Crippen LogP contribution in [0.2, 0.25) is 0 Å². The number of hydrogen-bond donors (Lipinski definition) is 0. The normalized spacial score (nSPS) is 20.8. The van der Waals surface area contributed by atoms with Crippen LogP contribution in [0.5, 0.6) is 0 Å². The molecule has 2 aromatic rings. The minimum atomic E-state index is -0.0652. The summed E-state index contributed by atoms with van der Waals surface area (Å²) in [7, 11) is 2.18. The van der Waals surface area contributed by atoms with Crippen LogP contribution < -0.4 is 0 Å². The van der Waals surface area contributed by atoms with E-state index >= 15 is 0 Å². The van der Waals surface area contributed by atoms with E-state index in [-0.39, 0.29) is 17.9 Å². The van der Waals surface area contributed by atoms with E-state index in [9.17, 15) is 0 Å². The van der Waals surface area contributed by atoms with Crippen molar-refractivity contribution >= 4 is 24.0 Å². The van der Waals surface area contributed by atoms with E-state index in [4.69, 9.17) is 11.6 Å². The van der Waals surface area contributed by atoms with Gasteiger partial charge in [-0.2, -0.15) is 0 Å². The second-order valence-electron chi connectivity index (χ2n) is 5.23. The highest BCUT2D eigenvalue weighted by molar-refractivity contribution is 6.18. The van der Waals surface area contributed by atoms with Gasteiger partial charge in [0.05, 0.1) is 5.54 Å². The molecule has 0 spiro atoms. The quantitative estimate of drug-likeness (QED) is 0.770. The lowest BCUT2D eigenvalue weighted by Gasteiger charge is -2.57. The molecule has 1 aliphatic heterocycles. The monoisotopic (exact) mass is 307 g/mol. The maximum Gasteiger partial charge on any atom is 0.0765 e. The van der Waals surface area contributed by atoms with Gasteiger partial charge in [-0.05, 0) is 18.2 Å². The van der Waals surface area contributed by atoms with E-state index in [0.717, 1.165) is 6.54 Å². The Balaban J connectivity index is 0.00000147. The van der Waals surface area contributed by atoms with Gasteiger partial charge >= 0.3 is 0 Å². The van der Waals surface area contributed by atoms with Crippen molar-refractivity contribution in [3.05, 3.63) is 71.8 Å². The van der Waals surface area contributed by atoms with Crippen LogP contribution >= 0.6 is 24.0 Å². The summed E-state index contributed by atoms with van der Waals surface area (Å²) in [5.41, 5.74) is 2.60. The fourth-order valence-corrected chi connectivity index (χ4v) is 3.75. The molecule has 2 aromatic carbocycles. The molecule has 0 saturated carbocycles. The molecule has 1 aliphatic rings. The van der Waals surface area contributed by atoms with E-state index < -0.39 is 0 Å². The predicted molar refractivity (Wildman–Crippen MR) is 87.8 cm³/mol. The van der Waals surface area contributed by atoms with Crippen molar-refractivity contribution in [3.63, 3.8) is 0 Å². The molecule has 20 heavy (non-hydrogen) atoms. The molecule has 1 unspecified atom stereocenters. The average Bonchev–Trinajstić information content (AvgIpc) is 2.47. The van der Waals surface area contributed by atoms with Crippen LogP contribution in [0.4, 0.5) is 0 Å². The summed E-state index contributed by atoms with van der Waals surface area (Å²) in [6.45, 7) is 1.05. The average molecular weight is 308 g/mol. The molecule has 3 heteroatoms. The van der Waals surface area contributed by atoms with Gasteiger partial charge in [-0.15, -0.1) is 24.0 Å². The zero-order valence-corrected chi connectivity index (χ0v) is 13.1. The second-order valence-corrected chi connectivity index (χ2v) is 5.54. The first kappa shape index (κ1) is 15.4. The molecule has 1 nitrogen and oxygen atoms in total. The Hall–Kier alpha value is -1.02. The van der Waals surface area contributed by atoms with Crippen LogP contribution in [0.1, 0.15) is 11.1 Å². The van der Waals surface area contributed by atoms with Crippen LogP contribution in [0.15, 0.2) is 60.7 Å². The number of halogens is 2. The van der Waals surface area contributed by atoms with Gasteiger partial charge in [0.1, 0.15) is 0 Å². The van der Waals surface area contributed by atoms with Crippen molar-refractivity contribution in [3.8, 4) is 0 Å². The zero-order chi connectivity index (χ0) is 13.3. The maximum atomic E-state index is 6.23. The van der Waals surface area contributed by atoms with Gasteiger partial charge in [0, 0.05) is 18.3 Å². The SMILES string of the molecule is CN1CC(CCl)C1(c1ccccc1)c1ccccc1.Cl. The molecular weight excluding hydrogens is 289 g/mol. The number of nitrogens with zero attached hydrogens (tertiary/aromatic N) is 1. The number of likely N-dealkylation sites (tertiary alicyclic amines) is 1. The molecule has 1 saturated heterocycles. The Morgan fingerprint density at radius 1 is 1.00 bits per heavy atom. The fourth-order valence-electron chi connectivity index (χ4n) is 3.43. The molecule has 0 radical (unpaired) electrons. The highest BCUT2D eigenvalue weighted by Gasteiger charge is 2.53. The zero-order valence-electron chi connectivity index (χ0n) is 11.5. The van der Waals surface area contributed by atoms with Gasteiger partial charge in [0.2, 0.25) is 0 Å². The Morgan fingerprint density at radius 3 is 1.80 bits per heavy atom. The summed E-state index contributed by atoms with van der Waals surface area (Å²) in [6, 6.07) is 21.4. The minimum absolute atomic E-state index is 0. The van der Waals surface area contributed by atoms with Crippen molar-refractivity contribution in [1.82, 2.24) is 4.90 Å². The molecule has 0 aliphatic carbocycles. The fraction of sp³-hybridized carbons (Fsp3) is 0.294. The third-order valence-electron chi connectivity index (χ3n) is 4.30. The Labute approximate surface area is 132 Å². The number of rotatable bonds is 3. The van der Waals surface area contributed by atoms with Crippen LogP contribution in [0.25, 0.3) is 0 Å². The molecule has 0 N–H and O–H groups in total. The third kappa shape index (κ3) is 2.14. The summed E-state index contributed by atoms with van der Waals surface area (Å²) in [4.78, 5) is 2.41. The van der Waals surface area contributed by atoms with Crippen molar-refractivity contribution in [2.45, 2.75) is 5.54 Å². The van der Waals surface area contributed by atoms with Crippen molar-refractivity contribution < 1.29 is 0 Å². The van der Waals surface area contributed by atoms with Crippen LogP contribution in [0, 0.1) is 5.92 Å². The van der Waals surface area contributed by atoms with Gasteiger partial charge in [-0.3, -0.25) is 4.90 Å². The molecule has 3 rings (SSSR count). The van der Waals surface area contributed by atoms with Crippen molar-refractivity contribution in [1.29, 1.82) is 0 Å². The molecule has 1 atom stereocenters. The predicted octanol–water partition coefficient (Wildman–Crippen LogP) is 4.15. The van der Waals surface area contributed by atoms with Crippen LogP contribution in [0.3, 0.4) is 0 Å². The van der Waals surface area contributed by atoms with E-state index in [1.54, 1.807) is 0 Å². The highest BCUT2D eigenvalue weighted by atomic mass is 35.5. The summed E-state index contributed by atoms with van der Waals surface area (Å²) >= 11 is 6.23. The Morgan fingerprint density at radius 2 is 1.45 bits per heavy atom. The number of hydrogen-bond acceptors (Lipinski definition) is 1. The van der Waals surface area contributed by atoms with Gasteiger partial charge in [0.25, 0.3) is 0 Å². The van der Waals surface area contributed by atoms with Crippen molar-refractivity contribution in [2.24, 2.45) is 5.92 Å². The number of benzene rings is 2. The van der Waals surface area contributed by atoms with Gasteiger partial charge < -0.3 is 0 Å². The molecule has 106 valence electrons. The van der Waals surface area contributed by atoms with E-state index in [0.29, 0.717) is 11.8 Å². The molecular formula is C17H19Cl2N. The van der Waals surface area contributed by atoms with Crippen LogP contribution in [-0.4, -0.2) is 24.4 Å². The lowest BCUT2D eigenvalue weighted by Crippen LogP contribution is -2.64. The minimum Gasteiger partial charge on any atom is -0.292 e. The first-order valence-corrected chi connectivity index (χ1v) is 7.22. The lowest BCUT2D eigenvalue weighted by molar-refractivity contribution is -0.0224. The van der Waals surface area contributed by atoms with Crippen LogP contribution in [-0.2, 0) is 5.54 Å². The standard InChI is InChI=1S/C17H18ClN.ClH/c1-19-13-16(12-18)17(19,14-8-4-2-5-9-14)15-10-6-3-7-11-15;/h2-11,16H,12-13H2,1H3;1H. The lowest BCUT2D eigenvalue weighted by atomic mass is 9.66. The first-order chi connectivity index (χ1) is 9.30. The molecule has 0 bridgehead atoms. The van der Waals surface area contributed by atoms with Gasteiger partial charge in [-0.25, -0.2) is 0 Å². The second kappa shape index (κ2) is 6.17. The molecule has 0 aromatic heterocycles. The summed E-state index contributed by atoms with van der Waals surface area (Å²) in [5, 5.41) is 0. The van der Waals surface area contributed by atoms with E-state index in [1.807, 2.05) is 0 Å². The highest BCUT2D eigenvalue weighted by Crippen LogP contribution is 2.49. The third-order valence-corrected chi connectivity index (χ3v) is 4.67. The molecule has 1 heterocycles. The Bertz CT molecular complexity index is 502. The van der Waals surface area contributed by atoms with E-state index in [2.05, 4.69) is 72.6 Å². The molecule has 1 fully saturated rings. The van der Waals surface area contributed by atoms with Gasteiger partial charge in [0.15, 0.2) is 0 Å². The van der Waals surface area contributed by atoms with Crippen molar-refractivity contribution in [2.75, 3.05) is 19.5 Å². The smallest absolute Gasteiger partial charge is 0.0765 e. The summed E-state index contributed by atoms with van der Waals surface area (Å²) < 4.78 is 0. The maximum absolute atomic E-state index is 6.23. The van der Waals surface area contributed by atoms with Gasteiger partial charge in [-0.1, -0.05) is 60.7 Å².